The minimum atomic E-state index is -0.464. The van der Waals surface area contributed by atoms with Crippen LogP contribution in [0, 0.1) is 13.8 Å². The molecule has 0 aliphatic heterocycles. The summed E-state index contributed by atoms with van der Waals surface area (Å²) in [6, 6.07) is 8.65. The van der Waals surface area contributed by atoms with E-state index in [1.54, 1.807) is 43.5 Å². The van der Waals surface area contributed by atoms with Crippen molar-refractivity contribution in [3.05, 3.63) is 59.5 Å². The van der Waals surface area contributed by atoms with Crippen molar-refractivity contribution >= 4 is 17.0 Å². The number of benzene rings is 1. The molecule has 0 aliphatic rings. The van der Waals surface area contributed by atoms with Gasteiger partial charge in [-0.1, -0.05) is 12.1 Å². The lowest BCUT2D eigenvalue weighted by Crippen LogP contribution is -2.11. The maximum absolute atomic E-state index is 12.9. The summed E-state index contributed by atoms with van der Waals surface area (Å²) in [7, 11) is 0. The molecule has 1 unspecified atom stereocenters. The van der Waals surface area contributed by atoms with Crippen LogP contribution in [0.25, 0.3) is 11.0 Å². The Morgan fingerprint density at radius 2 is 1.90 bits per heavy atom. The SMILES string of the molecule is CCC(C)n1ncc2c(C(=O)Oc3ccc(OCc4nc(C)no4)cc3)cc(C)nc21. The van der Waals surface area contributed by atoms with E-state index in [0.29, 0.717) is 39.8 Å². The third-order valence-corrected chi connectivity index (χ3v) is 4.89. The molecule has 0 N–H and O–H groups in total. The van der Waals surface area contributed by atoms with Crippen LogP contribution < -0.4 is 9.47 Å². The minimum absolute atomic E-state index is 0.161. The fourth-order valence-corrected chi connectivity index (χ4v) is 3.12. The van der Waals surface area contributed by atoms with Gasteiger partial charge in [0, 0.05) is 5.69 Å². The van der Waals surface area contributed by atoms with E-state index < -0.39 is 5.97 Å². The quantitative estimate of drug-likeness (QED) is 0.323. The van der Waals surface area contributed by atoms with Crippen LogP contribution in [0.15, 0.2) is 41.1 Å². The Balaban J connectivity index is 1.49. The number of ether oxygens (including phenoxy) is 2. The first-order chi connectivity index (χ1) is 14.9. The zero-order chi connectivity index (χ0) is 22.0. The molecule has 0 bridgehead atoms. The Bertz CT molecular complexity index is 1210. The van der Waals surface area contributed by atoms with Gasteiger partial charge in [0.15, 0.2) is 18.1 Å². The fraction of sp³-hybridized carbons (Fsp3) is 0.318. The molecule has 9 nitrogen and oxygen atoms in total. The highest BCUT2D eigenvalue weighted by molar-refractivity contribution is 6.03. The lowest BCUT2D eigenvalue weighted by Gasteiger charge is -2.11. The third kappa shape index (κ3) is 4.40. The number of hydrogen-bond donors (Lipinski definition) is 0. The predicted octanol–water partition coefficient (Wildman–Crippen LogP) is 4.20. The van der Waals surface area contributed by atoms with Gasteiger partial charge in [-0.05, 0) is 57.5 Å². The van der Waals surface area contributed by atoms with Gasteiger partial charge in [0.25, 0.3) is 5.89 Å². The van der Waals surface area contributed by atoms with Gasteiger partial charge in [-0.3, -0.25) is 0 Å². The molecule has 1 aromatic carbocycles. The summed E-state index contributed by atoms with van der Waals surface area (Å²) in [5.74, 6) is 1.48. The Labute approximate surface area is 179 Å². The van der Waals surface area contributed by atoms with Crippen LogP contribution in [0.3, 0.4) is 0 Å². The molecule has 0 amide bonds. The second kappa shape index (κ2) is 8.55. The van der Waals surface area contributed by atoms with E-state index in [1.807, 2.05) is 11.6 Å². The molecule has 3 heterocycles. The lowest BCUT2D eigenvalue weighted by atomic mass is 10.1. The van der Waals surface area contributed by atoms with Crippen molar-refractivity contribution in [2.24, 2.45) is 0 Å². The van der Waals surface area contributed by atoms with Crippen LogP contribution in [-0.4, -0.2) is 30.9 Å². The van der Waals surface area contributed by atoms with E-state index in [-0.39, 0.29) is 12.6 Å². The summed E-state index contributed by atoms with van der Waals surface area (Å²) in [5.41, 5.74) is 1.84. The number of aromatic nitrogens is 5. The average Bonchev–Trinajstić information content (AvgIpc) is 3.38. The monoisotopic (exact) mass is 421 g/mol. The number of esters is 1. The Kier molecular flexibility index (Phi) is 5.66. The molecule has 31 heavy (non-hydrogen) atoms. The van der Waals surface area contributed by atoms with Crippen molar-refractivity contribution in [1.29, 1.82) is 0 Å². The highest BCUT2D eigenvalue weighted by Gasteiger charge is 2.19. The molecule has 0 aliphatic carbocycles. The summed E-state index contributed by atoms with van der Waals surface area (Å²) in [5, 5.41) is 8.81. The van der Waals surface area contributed by atoms with Crippen molar-refractivity contribution in [2.45, 2.75) is 46.8 Å². The summed E-state index contributed by atoms with van der Waals surface area (Å²) >= 11 is 0. The van der Waals surface area contributed by atoms with Crippen LogP contribution in [0.5, 0.6) is 11.5 Å². The molecule has 0 saturated carbocycles. The summed E-state index contributed by atoms with van der Waals surface area (Å²) in [6.45, 7) is 7.90. The van der Waals surface area contributed by atoms with Crippen molar-refractivity contribution in [2.75, 3.05) is 0 Å². The normalized spacial score (nSPS) is 12.1. The van der Waals surface area contributed by atoms with Gasteiger partial charge in [0.05, 0.1) is 23.2 Å². The minimum Gasteiger partial charge on any atom is -0.484 e. The van der Waals surface area contributed by atoms with Gasteiger partial charge in [-0.2, -0.15) is 10.1 Å². The number of carbonyl (C=O) groups excluding carboxylic acids is 1. The van der Waals surface area contributed by atoms with Gasteiger partial charge in [0.2, 0.25) is 0 Å². The molecule has 160 valence electrons. The molecule has 0 fully saturated rings. The Morgan fingerprint density at radius 1 is 1.16 bits per heavy atom. The number of fused-ring (bicyclic) bond motifs is 1. The molecule has 0 radical (unpaired) electrons. The van der Waals surface area contributed by atoms with Gasteiger partial charge in [-0.15, -0.1) is 0 Å². The smallest absolute Gasteiger partial charge is 0.344 e. The molecular weight excluding hydrogens is 398 g/mol. The second-order valence-corrected chi connectivity index (χ2v) is 7.28. The topological polar surface area (TPSA) is 105 Å². The van der Waals surface area contributed by atoms with Crippen LogP contribution in [0.2, 0.25) is 0 Å². The van der Waals surface area contributed by atoms with Gasteiger partial charge < -0.3 is 14.0 Å². The third-order valence-electron chi connectivity index (χ3n) is 4.89. The van der Waals surface area contributed by atoms with E-state index in [4.69, 9.17) is 14.0 Å². The zero-order valence-electron chi connectivity index (χ0n) is 17.8. The van der Waals surface area contributed by atoms with E-state index in [9.17, 15) is 4.79 Å². The molecule has 1 atom stereocenters. The van der Waals surface area contributed by atoms with E-state index in [1.165, 1.54) is 0 Å². The molecule has 0 spiro atoms. The zero-order valence-corrected chi connectivity index (χ0v) is 17.8. The van der Waals surface area contributed by atoms with Crippen LogP contribution in [-0.2, 0) is 6.61 Å². The number of hydrogen-bond acceptors (Lipinski definition) is 8. The highest BCUT2D eigenvalue weighted by atomic mass is 16.5. The first-order valence-corrected chi connectivity index (χ1v) is 10.0. The molecule has 9 heteroatoms. The van der Waals surface area contributed by atoms with Crippen molar-refractivity contribution in [3.63, 3.8) is 0 Å². The number of carbonyl (C=O) groups is 1. The molecule has 0 saturated heterocycles. The summed E-state index contributed by atoms with van der Waals surface area (Å²) < 4.78 is 18.0. The average molecular weight is 421 g/mol. The first-order valence-electron chi connectivity index (χ1n) is 10.0. The summed E-state index contributed by atoms with van der Waals surface area (Å²) in [4.78, 5) is 21.5. The Hall–Kier alpha value is -3.75. The number of nitrogens with zero attached hydrogens (tertiary/aromatic N) is 5. The lowest BCUT2D eigenvalue weighted by molar-refractivity contribution is 0.0736. The van der Waals surface area contributed by atoms with Gasteiger partial charge >= 0.3 is 5.97 Å². The largest absolute Gasteiger partial charge is 0.484 e. The first kappa shape index (κ1) is 20.5. The van der Waals surface area contributed by atoms with E-state index >= 15 is 0 Å². The van der Waals surface area contributed by atoms with Crippen molar-refractivity contribution < 1.29 is 18.8 Å². The van der Waals surface area contributed by atoms with Crippen molar-refractivity contribution in [1.82, 2.24) is 24.9 Å². The number of aryl methyl sites for hydroxylation is 2. The highest BCUT2D eigenvalue weighted by Crippen LogP contribution is 2.25. The van der Waals surface area contributed by atoms with Crippen molar-refractivity contribution in [3.8, 4) is 11.5 Å². The molecule has 3 aromatic heterocycles. The fourth-order valence-electron chi connectivity index (χ4n) is 3.12. The number of rotatable bonds is 7. The van der Waals surface area contributed by atoms with Crippen LogP contribution >= 0.6 is 0 Å². The molecular formula is C22H23N5O4. The maximum Gasteiger partial charge on any atom is 0.344 e. The second-order valence-electron chi connectivity index (χ2n) is 7.28. The van der Waals surface area contributed by atoms with Crippen LogP contribution in [0.1, 0.15) is 54.1 Å². The Morgan fingerprint density at radius 3 is 2.58 bits per heavy atom. The summed E-state index contributed by atoms with van der Waals surface area (Å²) in [6.07, 6.45) is 2.58. The van der Waals surface area contributed by atoms with E-state index in [0.717, 1.165) is 12.1 Å². The standard InChI is InChI=1S/C22H23N5O4/c1-5-14(3)27-21-19(11-23-27)18(10-13(2)24-21)22(28)30-17-8-6-16(7-9-17)29-12-20-25-15(4)26-31-20/h6-11,14H,5,12H2,1-4H3. The molecule has 4 rings (SSSR count). The predicted molar refractivity (Wildman–Crippen MR) is 112 cm³/mol. The van der Waals surface area contributed by atoms with Gasteiger partial charge in [-0.25, -0.2) is 14.5 Å². The maximum atomic E-state index is 12.9. The number of pyridine rings is 1. The molecule has 4 aromatic rings. The van der Waals surface area contributed by atoms with Crippen LogP contribution in [0.4, 0.5) is 0 Å². The van der Waals surface area contributed by atoms with Gasteiger partial charge in [0.1, 0.15) is 11.5 Å². The van der Waals surface area contributed by atoms with E-state index in [2.05, 4.69) is 34.1 Å².